The molecular formula is C16H23NO2. The molecule has 0 heterocycles. The summed E-state index contributed by atoms with van der Waals surface area (Å²) in [5, 5.41) is 3.03. The van der Waals surface area contributed by atoms with Crippen LogP contribution in [0.15, 0.2) is 24.3 Å². The third-order valence-electron chi connectivity index (χ3n) is 3.84. The maximum absolute atomic E-state index is 11.6. The lowest BCUT2D eigenvalue weighted by molar-refractivity contribution is -0.127. The van der Waals surface area contributed by atoms with E-state index in [2.05, 4.69) is 11.4 Å². The largest absolute Gasteiger partial charge is 0.496 e. The molecular weight excluding hydrogens is 238 g/mol. The van der Waals surface area contributed by atoms with E-state index in [1.54, 1.807) is 7.11 Å². The SMILES string of the molecule is COc1ccccc1CCCCNC(=O)C1CCC1. The van der Waals surface area contributed by atoms with Crippen molar-refractivity contribution < 1.29 is 9.53 Å². The first kappa shape index (κ1) is 13.9. The lowest BCUT2D eigenvalue weighted by Crippen LogP contribution is -2.34. The molecule has 0 atom stereocenters. The topological polar surface area (TPSA) is 38.3 Å². The molecule has 1 aliphatic carbocycles. The van der Waals surface area contributed by atoms with Gasteiger partial charge in [0.1, 0.15) is 5.75 Å². The van der Waals surface area contributed by atoms with Gasteiger partial charge in [-0.15, -0.1) is 0 Å². The second-order valence-corrected chi connectivity index (χ2v) is 5.19. The molecule has 1 N–H and O–H groups in total. The second kappa shape index (κ2) is 7.17. The van der Waals surface area contributed by atoms with E-state index in [4.69, 9.17) is 4.74 Å². The molecule has 1 aliphatic rings. The lowest BCUT2D eigenvalue weighted by Gasteiger charge is -2.23. The molecule has 1 aromatic rings. The smallest absolute Gasteiger partial charge is 0.223 e. The molecule has 104 valence electrons. The number of hydrogen-bond donors (Lipinski definition) is 1. The fraction of sp³-hybridized carbons (Fsp3) is 0.562. The Bertz CT molecular complexity index is 413. The Hall–Kier alpha value is -1.51. The van der Waals surface area contributed by atoms with Crippen molar-refractivity contribution in [2.45, 2.75) is 38.5 Å². The normalized spacial score (nSPS) is 14.8. The number of unbranched alkanes of at least 4 members (excludes halogenated alkanes) is 1. The fourth-order valence-corrected chi connectivity index (χ4v) is 2.38. The standard InChI is InChI=1S/C16H23NO2/c1-19-15-11-3-2-7-13(15)8-4-5-12-17-16(18)14-9-6-10-14/h2-3,7,11,14H,4-6,8-10,12H2,1H3,(H,17,18). The van der Waals surface area contributed by atoms with Crippen LogP contribution < -0.4 is 10.1 Å². The summed E-state index contributed by atoms with van der Waals surface area (Å²) in [7, 11) is 1.71. The van der Waals surface area contributed by atoms with Gasteiger partial charge >= 0.3 is 0 Å². The summed E-state index contributed by atoms with van der Waals surface area (Å²) in [5.41, 5.74) is 1.25. The minimum atomic E-state index is 0.253. The van der Waals surface area contributed by atoms with Crippen LogP contribution in [0, 0.1) is 5.92 Å². The molecule has 0 unspecified atom stereocenters. The van der Waals surface area contributed by atoms with Gasteiger partial charge in [0.2, 0.25) is 5.91 Å². The van der Waals surface area contributed by atoms with E-state index in [1.807, 2.05) is 18.2 Å². The average molecular weight is 261 g/mol. The van der Waals surface area contributed by atoms with Gasteiger partial charge in [-0.1, -0.05) is 24.6 Å². The molecule has 0 bridgehead atoms. The van der Waals surface area contributed by atoms with Gasteiger partial charge in [-0.05, 0) is 43.7 Å². The molecule has 1 amide bonds. The molecule has 1 aromatic carbocycles. The fourth-order valence-electron chi connectivity index (χ4n) is 2.38. The summed E-state index contributed by atoms with van der Waals surface area (Å²) >= 11 is 0. The van der Waals surface area contributed by atoms with Gasteiger partial charge in [-0.2, -0.15) is 0 Å². The zero-order valence-corrected chi connectivity index (χ0v) is 11.7. The van der Waals surface area contributed by atoms with E-state index >= 15 is 0 Å². The van der Waals surface area contributed by atoms with Crippen molar-refractivity contribution in [1.82, 2.24) is 5.32 Å². The van der Waals surface area contributed by atoms with E-state index in [0.29, 0.717) is 5.92 Å². The predicted octanol–water partition coefficient (Wildman–Crippen LogP) is 2.93. The van der Waals surface area contributed by atoms with E-state index < -0.39 is 0 Å². The zero-order valence-electron chi connectivity index (χ0n) is 11.7. The van der Waals surface area contributed by atoms with Gasteiger partial charge in [-0.3, -0.25) is 4.79 Å². The number of hydrogen-bond acceptors (Lipinski definition) is 2. The van der Waals surface area contributed by atoms with Crippen LogP contribution in [0.25, 0.3) is 0 Å². The van der Waals surface area contributed by atoms with Crippen LogP contribution >= 0.6 is 0 Å². The van der Waals surface area contributed by atoms with E-state index in [9.17, 15) is 4.79 Å². The van der Waals surface area contributed by atoms with Gasteiger partial charge < -0.3 is 10.1 Å². The van der Waals surface area contributed by atoms with Gasteiger partial charge in [0.15, 0.2) is 0 Å². The third kappa shape index (κ3) is 3.98. The highest BCUT2D eigenvalue weighted by Gasteiger charge is 2.24. The van der Waals surface area contributed by atoms with Gasteiger partial charge in [0, 0.05) is 12.5 Å². The summed E-state index contributed by atoms with van der Waals surface area (Å²) in [4.78, 5) is 11.6. The van der Waals surface area contributed by atoms with Crippen molar-refractivity contribution in [3.05, 3.63) is 29.8 Å². The number of rotatable bonds is 7. The molecule has 3 nitrogen and oxygen atoms in total. The summed E-state index contributed by atoms with van der Waals surface area (Å²) in [6.45, 7) is 0.796. The lowest BCUT2D eigenvalue weighted by atomic mass is 9.85. The maximum atomic E-state index is 11.6. The monoisotopic (exact) mass is 261 g/mol. The first-order valence-corrected chi connectivity index (χ1v) is 7.21. The first-order valence-electron chi connectivity index (χ1n) is 7.21. The molecule has 19 heavy (non-hydrogen) atoms. The Balaban J connectivity index is 1.62. The molecule has 1 saturated carbocycles. The number of carbonyl (C=O) groups is 1. The van der Waals surface area contributed by atoms with Crippen LogP contribution in [0.2, 0.25) is 0 Å². The molecule has 2 rings (SSSR count). The molecule has 0 aliphatic heterocycles. The zero-order chi connectivity index (χ0) is 13.5. The van der Waals surface area contributed by atoms with Gasteiger partial charge in [-0.25, -0.2) is 0 Å². The molecule has 1 fully saturated rings. The summed E-state index contributed by atoms with van der Waals surface area (Å²) in [6.07, 6.45) is 6.47. The highest BCUT2D eigenvalue weighted by molar-refractivity contribution is 5.79. The van der Waals surface area contributed by atoms with E-state index in [-0.39, 0.29) is 5.91 Å². The molecule has 0 aromatic heterocycles. The Morgan fingerprint density at radius 1 is 1.32 bits per heavy atom. The van der Waals surface area contributed by atoms with Crippen molar-refractivity contribution in [3.63, 3.8) is 0 Å². The highest BCUT2D eigenvalue weighted by atomic mass is 16.5. The number of methoxy groups -OCH3 is 1. The molecule has 0 radical (unpaired) electrons. The van der Waals surface area contributed by atoms with Crippen molar-refractivity contribution in [2.75, 3.05) is 13.7 Å². The van der Waals surface area contributed by atoms with E-state index in [1.165, 1.54) is 12.0 Å². The number of para-hydroxylation sites is 1. The average Bonchev–Trinajstić information content (AvgIpc) is 2.36. The van der Waals surface area contributed by atoms with E-state index in [0.717, 1.165) is 44.4 Å². The van der Waals surface area contributed by atoms with Gasteiger partial charge in [0.05, 0.1) is 7.11 Å². The second-order valence-electron chi connectivity index (χ2n) is 5.19. The van der Waals surface area contributed by atoms with Crippen molar-refractivity contribution in [1.29, 1.82) is 0 Å². The Kier molecular flexibility index (Phi) is 5.25. The van der Waals surface area contributed by atoms with Crippen LogP contribution in [-0.4, -0.2) is 19.6 Å². The van der Waals surface area contributed by atoms with Crippen LogP contribution in [0.1, 0.15) is 37.7 Å². The van der Waals surface area contributed by atoms with Crippen LogP contribution in [0.5, 0.6) is 5.75 Å². The van der Waals surface area contributed by atoms with Gasteiger partial charge in [0.25, 0.3) is 0 Å². The van der Waals surface area contributed by atoms with Crippen LogP contribution in [-0.2, 0) is 11.2 Å². The van der Waals surface area contributed by atoms with Crippen LogP contribution in [0.4, 0.5) is 0 Å². The first-order chi connectivity index (χ1) is 9.31. The number of aryl methyl sites for hydroxylation is 1. The summed E-state index contributed by atoms with van der Waals surface area (Å²) in [6, 6.07) is 8.12. The van der Waals surface area contributed by atoms with Crippen molar-refractivity contribution in [2.24, 2.45) is 5.92 Å². The number of amides is 1. The Labute approximate surface area is 115 Å². The summed E-state index contributed by atoms with van der Waals surface area (Å²) < 4.78 is 5.32. The molecule has 3 heteroatoms. The quantitative estimate of drug-likeness (QED) is 0.766. The predicted molar refractivity (Wildman–Crippen MR) is 76.3 cm³/mol. The Morgan fingerprint density at radius 2 is 2.11 bits per heavy atom. The third-order valence-corrected chi connectivity index (χ3v) is 3.84. The highest BCUT2D eigenvalue weighted by Crippen LogP contribution is 2.26. The minimum Gasteiger partial charge on any atom is -0.496 e. The number of nitrogens with one attached hydrogen (secondary N) is 1. The Morgan fingerprint density at radius 3 is 2.79 bits per heavy atom. The maximum Gasteiger partial charge on any atom is 0.223 e. The summed E-state index contributed by atoms with van der Waals surface area (Å²) in [5.74, 6) is 1.51. The van der Waals surface area contributed by atoms with Crippen molar-refractivity contribution >= 4 is 5.91 Å². The minimum absolute atomic E-state index is 0.253. The van der Waals surface area contributed by atoms with Crippen molar-refractivity contribution in [3.8, 4) is 5.75 Å². The van der Waals surface area contributed by atoms with Crippen LogP contribution in [0.3, 0.4) is 0 Å². The number of carbonyl (C=O) groups excluding carboxylic acids is 1. The molecule has 0 saturated heterocycles. The number of benzene rings is 1. The molecule has 0 spiro atoms. The number of ether oxygens (including phenoxy) is 1.